The number of halogens is 1. The van der Waals surface area contributed by atoms with E-state index in [1.807, 2.05) is 38.1 Å². The third kappa shape index (κ3) is 2.98. The zero-order valence-corrected chi connectivity index (χ0v) is 10.7. The van der Waals surface area contributed by atoms with E-state index in [0.717, 1.165) is 27.5 Å². The highest BCUT2D eigenvalue weighted by molar-refractivity contribution is 6.32. The highest BCUT2D eigenvalue weighted by Crippen LogP contribution is 2.26. The molecule has 17 heavy (non-hydrogen) atoms. The number of aryl methyl sites for hydroxylation is 2. The van der Waals surface area contributed by atoms with Crippen molar-refractivity contribution in [2.45, 2.75) is 20.5 Å². The molecule has 0 N–H and O–H groups in total. The summed E-state index contributed by atoms with van der Waals surface area (Å²) in [6.07, 6.45) is 3.55. The van der Waals surface area contributed by atoms with Gasteiger partial charge in [0.1, 0.15) is 12.4 Å². The predicted octanol–water partition coefficient (Wildman–Crippen LogP) is 3.93. The van der Waals surface area contributed by atoms with Crippen LogP contribution < -0.4 is 4.74 Å². The quantitative estimate of drug-likeness (QED) is 0.820. The maximum atomic E-state index is 6.10. The van der Waals surface area contributed by atoms with Gasteiger partial charge in [-0.25, -0.2) is 0 Å². The lowest BCUT2D eigenvalue weighted by Crippen LogP contribution is -1.96. The number of nitrogens with zero attached hydrogens (tertiary/aromatic N) is 1. The zero-order valence-electron chi connectivity index (χ0n) is 9.90. The van der Waals surface area contributed by atoms with E-state index in [9.17, 15) is 0 Å². The normalized spacial score (nSPS) is 10.3. The lowest BCUT2D eigenvalue weighted by atomic mass is 10.1. The summed E-state index contributed by atoms with van der Waals surface area (Å²) < 4.78 is 5.71. The molecular formula is C14H14ClNO. The summed E-state index contributed by atoms with van der Waals surface area (Å²) in [5.41, 5.74) is 3.12. The number of benzene rings is 1. The van der Waals surface area contributed by atoms with Crippen molar-refractivity contribution in [2.75, 3.05) is 0 Å². The topological polar surface area (TPSA) is 22.1 Å². The van der Waals surface area contributed by atoms with E-state index in [1.54, 1.807) is 12.4 Å². The fourth-order valence-electron chi connectivity index (χ4n) is 1.64. The molecule has 88 valence electrons. The molecule has 0 unspecified atom stereocenters. The molecule has 2 rings (SSSR count). The monoisotopic (exact) mass is 247 g/mol. The summed E-state index contributed by atoms with van der Waals surface area (Å²) >= 11 is 6.10. The summed E-state index contributed by atoms with van der Waals surface area (Å²) in [6, 6.07) is 7.79. The third-order valence-corrected chi connectivity index (χ3v) is 3.13. The van der Waals surface area contributed by atoms with E-state index in [-0.39, 0.29) is 0 Å². The Labute approximate surface area is 106 Å². The average Bonchev–Trinajstić information content (AvgIpc) is 2.34. The molecule has 0 aliphatic carbocycles. The standard InChI is InChI=1S/C14H14ClNO/c1-10-6-13(7-11(2)14(10)15)17-9-12-4-3-5-16-8-12/h3-8H,9H2,1-2H3. The molecule has 0 radical (unpaired) electrons. The molecule has 0 amide bonds. The van der Waals surface area contributed by atoms with Crippen molar-refractivity contribution < 1.29 is 4.74 Å². The van der Waals surface area contributed by atoms with Gasteiger partial charge in [0.25, 0.3) is 0 Å². The summed E-state index contributed by atoms with van der Waals surface area (Å²) in [7, 11) is 0. The second kappa shape index (κ2) is 5.19. The van der Waals surface area contributed by atoms with Crippen molar-refractivity contribution in [1.29, 1.82) is 0 Å². The molecule has 0 fully saturated rings. The van der Waals surface area contributed by atoms with Gasteiger partial charge in [-0.15, -0.1) is 0 Å². The Morgan fingerprint density at radius 2 is 1.94 bits per heavy atom. The maximum absolute atomic E-state index is 6.10. The van der Waals surface area contributed by atoms with Crippen molar-refractivity contribution >= 4 is 11.6 Å². The van der Waals surface area contributed by atoms with Gasteiger partial charge in [0.05, 0.1) is 0 Å². The van der Waals surface area contributed by atoms with Crippen LogP contribution in [0.4, 0.5) is 0 Å². The highest BCUT2D eigenvalue weighted by Gasteiger charge is 2.03. The Morgan fingerprint density at radius 1 is 1.24 bits per heavy atom. The molecule has 0 saturated carbocycles. The molecule has 0 spiro atoms. The van der Waals surface area contributed by atoms with E-state index in [0.29, 0.717) is 6.61 Å². The SMILES string of the molecule is Cc1cc(OCc2cccnc2)cc(C)c1Cl. The minimum atomic E-state index is 0.522. The molecule has 1 aromatic carbocycles. The van der Waals surface area contributed by atoms with Crippen LogP contribution in [0, 0.1) is 13.8 Å². The minimum Gasteiger partial charge on any atom is -0.489 e. The van der Waals surface area contributed by atoms with E-state index in [4.69, 9.17) is 16.3 Å². The molecule has 2 nitrogen and oxygen atoms in total. The molecule has 0 saturated heterocycles. The van der Waals surface area contributed by atoms with Crippen molar-refractivity contribution in [3.63, 3.8) is 0 Å². The first-order valence-corrected chi connectivity index (χ1v) is 5.83. The minimum absolute atomic E-state index is 0.522. The van der Waals surface area contributed by atoms with Crippen LogP contribution in [-0.4, -0.2) is 4.98 Å². The van der Waals surface area contributed by atoms with Gasteiger partial charge >= 0.3 is 0 Å². The molecule has 2 aromatic rings. The largest absolute Gasteiger partial charge is 0.489 e. The summed E-state index contributed by atoms with van der Waals surface area (Å²) in [5.74, 6) is 0.841. The van der Waals surface area contributed by atoms with Crippen LogP contribution in [0.1, 0.15) is 16.7 Å². The van der Waals surface area contributed by atoms with E-state index in [2.05, 4.69) is 4.98 Å². The van der Waals surface area contributed by atoms with Gasteiger partial charge in [-0.1, -0.05) is 17.7 Å². The molecule has 1 aromatic heterocycles. The Hall–Kier alpha value is -1.54. The van der Waals surface area contributed by atoms with Crippen LogP contribution in [0.25, 0.3) is 0 Å². The molecule has 1 heterocycles. The fourth-order valence-corrected chi connectivity index (χ4v) is 1.75. The first-order chi connectivity index (χ1) is 8.16. The fraction of sp³-hybridized carbons (Fsp3) is 0.214. The second-order valence-electron chi connectivity index (χ2n) is 4.02. The summed E-state index contributed by atoms with van der Waals surface area (Å²) in [5, 5.41) is 0.804. The van der Waals surface area contributed by atoms with Crippen LogP contribution in [0.3, 0.4) is 0 Å². The van der Waals surface area contributed by atoms with Crippen molar-refractivity contribution in [1.82, 2.24) is 4.98 Å². The number of hydrogen-bond acceptors (Lipinski definition) is 2. The third-order valence-electron chi connectivity index (χ3n) is 2.54. The average molecular weight is 248 g/mol. The van der Waals surface area contributed by atoms with Gasteiger partial charge < -0.3 is 4.74 Å². The Bertz CT molecular complexity index is 488. The van der Waals surface area contributed by atoms with E-state index < -0.39 is 0 Å². The van der Waals surface area contributed by atoms with Gasteiger partial charge in [0.2, 0.25) is 0 Å². The smallest absolute Gasteiger partial charge is 0.120 e. The maximum Gasteiger partial charge on any atom is 0.120 e. The van der Waals surface area contributed by atoms with Crippen LogP contribution in [0.2, 0.25) is 5.02 Å². The molecule has 0 atom stereocenters. The number of ether oxygens (including phenoxy) is 1. The first kappa shape index (κ1) is 11.9. The van der Waals surface area contributed by atoms with Gasteiger partial charge in [-0.05, 0) is 43.2 Å². The Balaban J connectivity index is 2.10. The van der Waals surface area contributed by atoms with Crippen LogP contribution in [0.5, 0.6) is 5.75 Å². The lowest BCUT2D eigenvalue weighted by molar-refractivity contribution is 0.305. The summed E-state index contributed by atoms with van der Waals surface area (Å²) in [6.45, 7) is 4.48. The second-order valence-corrected chi connectivity index (χ2v) is 4.40. The first-order valence-electron chi connectivity index (χ1n) is 5.45. The lowest BCUT2D eigenvalue weighted by Gasteiger charge is -2.09. The molecule has 0 bridgehead atoms. The van der Waals surface area contributed by atoms with Crippen LogP contribution in [-0.2, 0) is 6.61 Å². The van der Waals surface area contributed by atoms with Gasteiger partial charge in [-0.2, -0.15) is 0 Å². The van der Waals surface area contributed by atoms with Crippen molar-refractivity contribution in [2.24, 2.45) is 0 Å². The van der Waals surface area contributed by atoms with E-state index in [1.165, 1.54) is 0 Å². The number of pyridine rings is 1. The van der Waals surface area contributed by atoms with Crippen molar-refractivity contribution in [3.8, 4) is 5.75 Å². The number of aromatic nitrogens is 1. The zero-order chi connectivity index (χ0) is 12.3. The van der Waals surface area contributed by atoms with Crippen molar-refractivity contribution in [3.05, 3.63) is 58.4 Å². The predicted molar refractivity (Wildman–Crippen MR) is 69.5 cm³/mol. The van der Waals surface area contributed by atoms with Gasteiger partial charge in [0, 0.05) is 23.0 Å². The Kier molecular flexibility index (Phi) is 3.64. The van der Waals surface area contributed by atoms with E-state index >= 15 is 0 Å². The molecule has 0 aliphatic rings. The van der Waals surface area contributed by atoms with Gasteiger partial charge in [0.15, 0.2) is 0 Å². The van der Waals surface area contributed by atoms with Crippen LogP contribution in [0.15, 0.2) is 36.7 Å². The van der Waals surface area contributed by atoms with Gasteiger partial charge in [-0.3, -0.25) is 4.98 Å². The number of rotatable bonds is 3. The molecular weight excluding hydrogens is 234 g/mol. The summed E-state index contributed by atoms with van der Waals surface area (Å²) in [4.78, 5) is 4.05. The number of hydrogen-bond donors (Lipinski definition) is 0. The Morgan fingerprint density at radius 3 is 2.53 bits per heavy atom. The molecule has 0 aliphatic heterocycles. The molecule has 3 heteroatoms. The highest BCUT2D eigenvalue weighted by atomic mass is 35.5. The van der Waals surface area contributed by atoms with Crippen LogP contribution >= 0.6 is 11.6 Å².